The number of aryl methyl sites for hydroxylation is 1. The van der Waals surface area contributed by atoms with E-state index in [0.717, 1.165) is 16.8 Å². The summed E-state index contributed by atoms with van der Waals surface area (Å²) >= 11 is 7.66. The number of thioether (sulfide) groups is 1. The first kappa shape index (κ1) is 15.8. The molecule has 0 bridgehead atoms. The predicted octanol–water partition coefficient (Wildman–Crippen LogP) is 3.93. The number of hydrogen-bond acceptors (Lipinski definition) is 5. The van der Waals surface area contributed by atoms with Gasteiger partial charge in [0.1, 0.15) is 5.69 Å². The summed E-state index contributed by atoms with van der Waals surface area (Å²) in [7, 11) is 3.46. The van der Waals surface area contributed by atoms with E-state index in [1.165, 1.54) is 11.8 Å². The second kappa shape index (κ2) is 6.60. The third-order valence-electron chi connectivity index (χ3n) is 3.34. The van der Waals surface area contributed by atoms with E-state index in [0.29, 0.717) is 21.8 Å². The number of hydrogen-bond donors (Lipinski definition) is 0. The van der Waals surface area contributed by atoms with Crippen LogP contribution in [0.15, 0.2) is 41.7 Å². The molecular formula is C16H15ClN4OS. The molecule has 0 aliphatic heterocycles. The van der Waals surface area contributed by atoms with Crippen molar-refractivity contribution < 1.29 is 4.74 Å². The van der Waals surface area contributed by atoms with Gasteiger partial charge in [-0.1, -0.05) is 41.6 Å². The summed E-state index contributed by atoms with van der Waals surface area (Å²) in [6.07, 6.45) is 3.82. The van der Waals surface area contributed by atoms with Crippen LogP contribution in [0.5, 0.6) is 5.75 Å². The zero-order chi connectivity index (χ0) is 16.4. The summed E-state index contributed by atoms with van der Waals surface area (Å²) < 4.78 is 7.17. The number of benzene rings is 1. The van der Waals surface area contributed by atoms with E-state index >= 15 is 0 Å². The normalized spacial score (nSPS) is 10.8. The monoisotopic (exact) mass is 346 g/mol. The lowest BCUT2D eigenvalue weighted by molar-refractivity contribution is 0.411. The van der Waals surface area contributed by atoms with Crippen molar-refractivity contribution in [1.82, 2.24) is 19.7 Å². The van der Waals surface area contributed by atoms with Crippen LogP contribution in [-0.4, -0.2) is 33.1 Å². The van der Waals surface area contributed by atoms with Gasteiger partial charge < -0.3 is 4.74 Å². The Morgan fingerprint density at radius 3 is 2.61 bits per heavy atom. The van der Waals surface area contributed by atoms with Gasteiger partial charge in [0.05, 0.1) is 12.8 Å². The van der Waals surface area contributed by atoms with Gasteiger partial charge in [-0.2, -0.15) is 5.10 Å². The quantitative estimate of drug-likeness (QED) is 0.407. The third kappa shape index (κ3) is 3.18. The minimum absolute atomic E-state index is 0.310. The van der Waals surface area contributed by atoms with Crippen LogP contribution in [0, 0.1) is 0 Å². The van der Waals surface area contributed by atoms with Gasteiger partial charge in [-0.25, -0.2) is 9.97 Å². The molecule has 0 N–H and O–H groups in total. The molecule has 0 atom stereocenters. The van der Waals surface area contributed by atoms with Crippen LogP contribution < -0.4 is 4.74 Å². The van der Waals surface area contributed by atoms with Gasteiger partial charge in [0, 0.05) is 24.4 Å². The first-order valence-electron chi connectivity index (χ1n) is 6.88. The van der Waals surface area contributed by atoms with Crippen LogP contribution in [-0.2, 0) is 7.05 Å². The van der Waals surface area contributed by atoms with Crippen molar-refractivity contribution >= 4 is 23.4 Å². The largest absolute Gasteiger partial charge is 0.491 e. The summed E-state index contributed by atoms with van der Waals surface area (Å²) in [5.41, 5.74) is 3.49. The fourth-order valence-corrected chi connectivity index (χ4v) is 2.93. The minimum atomic E-state index is 0.310. The van der Waals surface area contributed by atoms with Crippen molar-refractivity contribution in [2.24, 2.45) is 7.05 Å². The van der Waals surface area contributed by atoms with E-state index in [1.54, 1.807) is 11.8 Å². The molecule has 0 aliphatic carbocycles. The second-order valence-electron chi connectivity index (χ2n) is 4.84. The average Bonchev–Trinajstić information content (AvgIpc) is 3.00. The Labute approximate surface area is 143 Å². The van der Waals surface area contributed by atoms with Crippen LogP contribution in [0.25, 0.3) is 22.5 Å². The Kier molecular flexibility index (Phi) is 4.54. The molecule has 0 saturated carbocycles. The van der Waals surface area contributed by atoms with Crippen molar-refractivity contribution in [3.63, 3.8) is 0 Å². The maximum absolute atomic E-state index is 6.22. The van der Waals surface area contributed by atoms with E-state index in [9.17, 15) is 0 Å². The minimum Gasteiger partial charge on any atom is -0.491 e. The zero-order valence-electron chi connectivity index (χ0n) is 12.9. The average molecular weight is 347 g/mol. The topological polar surface area (TPSA) is 52.8 Å². The van der Waals surface area contributed by atoms with Crippen molar-refractivity contribution in [3.05, 3.63) is 41.7 Å². The smallest absolute Gasteiger partial charge is 0.189 e. The molecule has 5 nitrogen and oxygen atoms in total. The lowest BCUT2D eigenvalue weighted by atomic mass is 10.1. The highest BCUT2D eigenvalue weighted by atomic mass is 35.5. The molecule has 0 aliphatic rings. The Morgan fingerprint density at radius 2 is 1.96 bits per heavy atom. The lowest BCUT2D eigenvalue weighted by Crippen LogP contribution is -1.97. The molecule has 3 rings (SSSR count). The van der Waals surface area contributed by atoms with Crippen molar-refractivity contribution in [1.29, 1.82) is 0 Å². The van der Waals surface area contributed by atoms with E-state index < -0.39 is 0 Å². The number of nitrogens with zero attached hydrogens (tertiary/aromatic N) is 4. The van der Waals surface area contributed by atoms with Gasteiger partial charge in [0.2, 0.25) is 0 Å². The van der Waals surface area contributed by atoms with Crippen LogP contribution in [0.4, 0.5) is 0 Å². The molecule has 23 heavy (non-hydrogen) atoms. The van der Waals surface area contributed by atoms with Crippen LogP contribution in [0.3, 0.4) is 0 Å². The highest BCUT2D eigenvalue weighted by Gasteiger charge is 2.16. The second-order valence-corrected chi connectivity index (χ2v) is 5.97. The van der Waals surface area contributed by atoms with Crippen molar-refractivity contribution in [2.75, 3.05) is 13.4 Å². The van der Waals surface area contributed by atoms with Gasteiger partial charge in [-0.3, -0.25) is 4.68 Å². The molecule has 3 aromatic rings. The number of methoxy groups -OCH3 is 1. The highest BCUT2D eigenvalue weighted by Crippen LogP contribution is 2.36. The Balaban J connectivity index is 2.13. The molecule has 2 heterocycles. The van der Waals surface area contributed by atoms with Crippen LogP contribution in [0.2, 0.25) is 5.15 Å². The Morgan fingerprint density at radius 1 is 1.17 bits per heavy atom. The van der Waals surface area contributed by atoms with E-state index in [-0.39, 0.29) is 0 Å². The van der Waals surface area contributed by atoms with Crippen molar-refractivity contribution in [3.8, 4) is 28.3 Å². The standard InChI is InChI=1S/C16H15ClN4OS/c1-21-8-7-12(20-21)10-5-4-6-11(9-10)13-14(22-2)15(17)19-16(18-13)23-3/h4-9H,1-3H3. The predicted molar refractivity (Wildman–Crippen MR) is 93.0 cm³/mol. The van der Waals surface area contributed by atoms with Crippen molar-refractivity contribution in [2.45, 2.75) is 5.16 Å². The van der Waals surface area contributed by atoms with E-state index in [4.69, 9.17) is 16.3 Å². The molecule has 0 amide bonds. The number of aromatic nitrogens is 4. The molecule has 0 spiro atoms. The molecule has 0 unspecified atom stereocenters. The highest BCUT2D eigenvalue weighted by molar-refractivity contribution is 7.98. The van der Waals surface area contributed by atoms with Gasteiger partial charge >= 0.3 is 0 Å². The number of halogens is 1. The van der Waals surface area contributed by atoms with Crippen LogP contribution >= 0.6 is 23.4 Å². The molecule has 0 fully saturated rings. The molecule has 1 aromatic carbocycles. The summed E-state index contributed by atoms with van der Waals surface area (Å²) in [6.45, 7) is 0. The first-order valence-corrected chi connectivity index (χ1v) is 8.48. The molecular weight excluding hydrogens is 332 g/mol. The lowest BCUT2D eigenvalue weighted by Gasteiger charge is -2.11. The molecule has 7 heteroatoms. The zero-order valence-corrected chi connectivity index (χ0v) is 14.5. The van der Waals surface area contributed by atoms with E-state index in [2.05, 4.69) is 15.1 Å². The summed E-state index contributed by atoms with van der Waals surface area (Å²) in [5.74, 6) is 0.475. The molecule has 2 aromatic heterocycles. The number of rotatable bonds is 4. The maximum Gasteiger partial charge on any atom is 0.189 e. The first-order chi connectivity index (χ1) is 11.1. The van der Waals surface area contributed by atoms with Crippen LogP contribution in [0.1, 0.15) is 0 Å². The third-order valence-corrected chi connectivity index (χ3v) is 4.14. The van der Waals surface area contributed by atoms with Gasteiger partial charge in [0.15, 0.2) is 16.1 Å². The fourth-order valence-electron chi connectivity index (χ4n) is 2.27. The number of ether oxygens (including phenoxy) is 1. The maximum atomic E-state index is 6.22. The van der Waals surface area contributed by atoms with E-state index in [1.807, 2.05) is 49.8 Å². The van der Waals surface area contributed by atoms with Gasteiger partial charge in [0.25, 0.3) is 0 Å². The summed E-state index contributed by atoms with van der Waals surface area (Å²) in [5, 5.41) is 5.35. The SMILES string of the molecule is COc1c(Cl)nc(SC)nc1-c1cccc(-c2ccn(C)n2)c1. The molecule has 0 saturated heterocycles. The summed E-state index contributed by atoms with van der Waals surface area (Å²) in [6, 6.07) is 9.94. The molecule has 118 valence electrons. The molecule has 0 radical (unpaired) electrons. The van der Waals surface area contributed by atoms with Gasteiger partial charge in [-0.15, -0.1) is 0 Å². The summed E-state index contributed by atoms with van der Waals surface area (Å²) in [4.78, 5) is 8.76. The fraction of sp³-hybridized carbons (Fsp3) is 0.188. The Hall–Kier alpha value is -2.05. The Bertz CT molecular complexity index is 850. The van der Waals surface area contributed by atoms with Gasteiger partial charge in [-0.05, 0) is 18.4 Å².